The van der Waals surface area contributed by atoms with Gasteiger partial charge in [0, 0.05) is 0 Å². The van der Waals surface area contributed by atoms with E-state index in [9.17, 15) is 0 Å². The summed E-state index contributed by atoms with van der Waals surface area (Å²) >= 11 is -2.72. The maximum Gasteiger partial charge on any atom is -0.147 e. The molecular formula is C39H42Cl2Zr. The van der Waals surface area contributed by atoms with Gasteiger partial charge in [-0.05, 0) is 0 Å². The Morgan fingerprint density at radius 3 is 1.52 bits per heavy atom. The Labute approximate surface area is 273 Å². The molecule has 0 heterocycles. The summed E-state index contributed by atoms with van der Waals surface area (Å²) in [4.78, 5) is 0. The van der Waals surface area contributed by atoms with Crippen LogP contribution in [0.1, 0.15) is 83.5 Å². The Hall–Kier alpha value is -2.31. The largest absolute Gasteiger partial charge is 0.147 e. The zero-order valence-corrected chi connectivity index (χ0v) is 29.6. The van der Waals surface area contributed by atoms with Crippen LogP contribution < -0.4 is 0 Å². The molecule has 0 unspecified atom stereocenters. The van der Waals surface area contributed by atoms with Gasteiger partial charge in [-0.15, -0.1) is 24.8 Å². The number of hydrogen-bond acceptors (Lipinski definition) is 0. The predicted molar refractivity (Wildman–Crippen MR) is 183 cm³/mol. The first-order valence-electron chi connectivity index (χ1n) is 15.1. The molecule has 0 aromatic heterocycles. The fourth-order valence-corrected chi connectivity index (χ4v) is 17.2. The van der Waals surface area contributed by atoms with Gasteiger partial charge < -0.3 is 0 Å². The Morgan fingerprint density at radius 2 is 1.10 bits per heavy atom. The maximum absolute atomic E-state index is 2.72. The van der Waals surface area contributed by atoms with Gasteiger partial charge in [0.15, 0.2) is 0 Å². The molecule has 2 aliphatic carbocycles. The summed E-state index contributed by atoms with van der Waals surface area (Å²) in [6.07, 6.45) is 4.62. The molecule has 0 fully saturated rings. The minimum atomic E-state index is -2.72. The summed E-state index contributed by atoms with van der Waals surface area (Å²) < 4.78 is 3.96. The average Bonchev–Trinajstić information content (AvgIpc) is 3.50. The monoisotopic (exact) mass is 670 g/mol. The Morgan fingerprint density at radius 1 is 0.619 bits per heavy atom. The molecule has 216 valence electrons. The zero-order valence-electron chi connectivity index (χ0n) is 25.5. The van der Waals surface area contributed by atoms with E-state index in [0.717, 1.165) is 19.3 Å². The molecular weight excluding hydrogens is 631 g/mol. The summed E-state index contributed by atoms with van der Waals surface area (Å²) in [6.45, 7) is 11.7. The molecule has 4 aromatic carbocycles. The van der Waals surface area contributed by atoms with Crippen molar-refractivity contribution in [3.63, 3.8) is 0 Å². The van der Waals surface area contributed by atoms with Gasteiger partial charge in [0.2, 0.25) is 0 Å². The van der Waals surface area contributed by atoms with Gasteiger partial charge in [0.05, 0.1) is 0 Å². The molecule has 0 aliphatic heterocycles. The molecule has 0 bridgehead atoms. The number of halogens is 2. The molecule has 0 saturated heterocycles. The van der Waals surface area contributed by atoms with Crippen molar-refractivity contribution in [2.75, 3.05) is 0 Å². The van der Waals surface area contributed by atoms with Crippen LogP contribution in [0.5, 0.6) is 0 Å². The molecule has 0 amide bonds. The first-order valence-corrected chi connectivity index (χ1v) is 18.9. The van der Waals surface area contributed by atoms with Gasteiger partial charge in [0.1, 0.15) is 0 Å². The van der Waals surface area contributed by atoms with Crippen LogP contribution in [0.3, 0.4) is 0 Å². The van der Waals surface area contributed by atoms with Gasteiger partial charge in [-0.2, -0.15) is 0 Å². The molecule has 2 aliphatic rings. The smallest absolute Gasteiger partial charge is 0.147 e. The van der Waals surface area contributed by atoms with Gasteiger partial charge in [0.25, 0.3) is 0 Å². The Kier molecular flexibility index (Phi) is 10.9. The van der Waals surface area contributed by atoms with E-state index in [1.54, 1.807) is 31.1 Å². The van der Waals surface area contributed by atoms with E-state index in [1.807, 2.05) is 3.28 Å². The van der Waals surface area contributed by atoms with E-state index in [1.165, 1.54) is 39.8 Å². The van der Waals surface area contributed by atoms with Crippen molar-refractivity contribution >= 4 is 28.0 Å². The Balaban J connectivity index is 0.00000202. The molecule has 0 radical (unpaired) electrons. The standard InChI is InChI=1S/C15H13.C13H10.C11H17.2ClH.Zr/c1-10-3-5-14-12(7-10)9-13-8-11(2)4-6-15(13)14;1-3-7-12(8-4-1)11-13-9-5-2-6-10-13;1-4-9-7-8-10(5-2)11(9)6-3;;;/h3-9H,1-2H3;1-10H;4-7H2,1-3H3;2*1H;. The quantitative estimate of drug-likeness (QED) is 0.183. The summed E-state index contributed by atoms with van der Waals surface area (Å²) in [7, 11) is 0. The number of benzene rings is 4. The molecule has 0 atom stereocenters. The van der Waals surface area contributed by atoms with Crippen LogP contribution in [-0.4, -0.2) is 3.21 Å². The topological polar surface area (TPSA) is 0 Å². The molecule has 0 nitrogen and oxygen atoms in total. The molecule has 6 rings (SSSR count). The van der Waals surface area contributed by atoms with Crippen molar-refractivity contribution in [2.45, 2.75) is 63.9 Å². The van der Waals surface area contributed by atoms with Crippen LogP contribution in [0, 0.1) is 13.8 Å². The number of rotatable bonds is 7. The average molecular weight is 673 g/mol. The zero-order chi connectivity index (χ0) is 27.8. The van der Waals surface area contributed by atoms with Crippen molar-refractivity contribution < 1.29 is 21.3 Å². The molecule has 4 aromatic rings. The van der Waals surface area contributed by atoms with Crippen LogP contribution >= 0.6 is 24.8 Å². The minimum absolute atomic E-state index is 0. The third kappa shape index (κ3) is 5.78. The SMILES string of the molecule is CCC1=C(CC)C(CC)=[C]([Zr](=[C](c2ccccc2)c2ccccc2)[CH]2c3cc(C)ccc3-c3ccc(C)cc32)C1.Cl.Cl. The second-order valence-corrected chi connectivity index (χ2v) is 17.6. The van der Waals surface area contributed by atoms with E-state index in [4.69, 9.17) is 0 Å². The van der Waals surface area contributed by atoms with Crippen molar-refractivity contribution in [3.8, 4) is 11.1 Å². The van der Waals surface area contributed by atoms with Crippen molar-refractivity contribution in [3.05, 3.63) is 150 Å². The number of fused-ring (bicyclic) bond motifs is 3. The summed E-state index contributed by atoms with van der Waals surface area (Å²) in [5.41, 5.74) is 16.7. The summed E-state index contributed by atoms with van der Waals surface area (Å²) in [5, 5.41) is 0. The van der Waals surface area contributed by atoms with Crippen LogP contribution in [0.15, 0.2) is 117 Å². The second kappa shape index (κ2) is 14.0. The van der Waals surface area contributed by atoms with Gasteiger partial charge in [-0.25, -0.2) is 0 Å². The Bertz CT molecular complexity index is 1580. The molecule has 42 heavy (non-hydrogen) atoms. The first-order chi connectivity index (χ1) is 19.5. The van der Waals surface area contributed by atoms with E-state index in [2.05, 4.69) is 132 Å². The maximum atomic E-state index is 2.53. The number of aryl methyl sites for hydroxylation is 2. The van der Waals surface area contributed by atoms with Crippen LogP contribution in [0.25, 0.3) is 11.1 Å². The third-order valence-electron chi connectivity index (χ3n) is 9.01. The molecule has 0 N–H and O–H groups in total. The first kappa shape index (κ1) is 32.6. The van der Waals surface area contributed by atoms with Gasteiger partial charge >= 0.3 is 250 Å². The van der Waals surface area contributed by atoms with E-state index in [0.29, 0.717) is 3.63 Å². The van der Waals surface area contributed by atoms with Crippen molar-refractivity contribution in [1.82, 2.24) is 0 Å². The van der Waals surface area contributed by atoms with E-state index < -0.39 is 21.3 Å². The van der Waals surface area contributed by atoms with Crippen LogP contribution in [0.4, 0.5) is 0 Å². The second-order valence-electron chi connectivity index (χ2n) is 11.4. The van der Waals surface area contributed by atoms with Gasteiger partial charge in [-0.1, -0.05) is 0 Å². The number of allylic oxidation sites excluding steroid dienone is 4. The summed E-state index contributed by atoms with van der Waals surface area (Å²) in [6, 6.07) is 37.3. The minimum Gasteiger partial charge on any atom is -0.147 e. The summed E-state index contributed by atoms with van der Waals surface area (Å²) in [5.74, 6) is 0. The normalized spacial score (nSPS) is 13.8. The van der Waals surface area contributed by atoms with E-state index >= 15 is 0 Å². The fraction of sp³-hybridized carbons (Fsp3) is 0.256. The van der Waals surface area contributed by atoms with Crippen molar-refractivity contribution in [2.24, 2.45) is 0 Å². The third-order valence-corrected chi connectivity index (χ3v) is 17.5. The number of hydrogen-bond donors (Lipinski definition) is 0. The molecule has 0 spiro atoms. The predicted octanol–water partition coefficient (Wildman–Crippen LogP) is 11.3. The van der Waals surface area contributed by atoms with E-state index in [-0.39, 0.29) is 24.8 Å². The molecule has 3 heteroatoms. The van der Waals surface area contributed by atoms with Gasteiger partial charge in [-0.3, -0.25) is 0 Å². The van der Waals surface area contributed by atoms with Crippen LogP contribution in [0.2, 0.25) is 0 Å². The fourth-order valence-electron chi connectivity index (χ4n) is 7.28. The van der Waals surface area contributed by atoms with Crippen LogP contribution in [-0.2, 0) is 21.3 Å². The molecule has 0 saturated carbocycles. The van der Waals surface area contributed by atoms with Crippen molar-refractivity contribution in [1.29, 1.82) is 0 Å².